The number of benzene rings is 1. The Balaban J connectivity index is 2.16. The van der Waals surface area contributed by atoms with Crippen molar-refractivity contribution in [2.45, 2.75) is 5.60 Å². The van der Waals surface area contributed by atoms with E-state index in [-0.39, 0.29) is 13.1 Å². The largest absolute Gasteiger partial charge is 0.465 e. The first-order valence-electron chi connectivity index (χ1n) is 4.47. The molecule has 1 aromatic rings. The van der Waals surface area contributed by atoms with Gasteiger partial charge < -0.3 is 15.1 Å². The van der Waals surface area contributed by atoms with E-state index < -0.39 is 17.5 Å². The molecule has 0 unspecified atom stereocenters. The standard InChI is InChI=1S/C10H10FNO3/c11-8-3-1-2-7(4-8)10(15)5-12(6-10)9(13)14/h1-4,15H,5-6H2,(H,13,14). The first-order chi connectivity index (χ1) is 7.01. The van der Waals surface area contributed by atoms with Gasteiger partial charge >= 0.3 is 6.09 Å². The minimum Gasteiger partial charge on any atom is -0.465 e. The highest BCUT2D eigenvalue weighted by Crippen LogP contribution is 2.31. The Bertz CT molecular complexity index is 401. The van der Waals surface area contributed by atoms with Crippen molar-refractivity contribution in [2.24, 2.45) is 0 Å². The van der Waals surface area contributed by atoms with Crippen molar-refractivity contribution in [1.29, 1.82) is 0 Å². The number of carbonyl (C=O) groups is 1. The predicted molar refractivity (Wildman–Crippen MR) is 49.9 cm³/mol. The predicted octanol–water partition coefficient (Wildman–Crippen LogP) is 1.01. The molecule has 0 aromatic heterocycles. The molecule has 1 amide bonds. The number of likely N-dealkylation sites (tertiary alicyclic amines) is 1. The summed E-state index contributed by atoms with van der Waals surface area (Å²) in [6.45, 7) is -0.0163. The summed E-state index contributed by atoms with van der Waals surface area (Å²) in [7, 11) is 0. The summed E-state index contributed by atoms with van der Waals surface area (Å²) in [6, 6.07) is 5.58. The van der Waals surface area contributed by atoms with Gasteiger partial charge in [-0.2, -0.15) is 0 Å². The Labute approximate surface area is 85.6 Å². The second kappa shape index (κ2) is 3.20. The summed E-state index contributed by atoms with van der Waals surface area (Å²) in [5.41, 5.74) is -0.819. The quantitative estimate of drug-likeness (QED) is 0.728. The van der Waals surface area contributed by atoms with Crippen molar-refractivity contribution in [3.8, 4) is 0 Å². The zero-order valence-electron chi connectivity index (χ0n) is 7.85. The number of rotatable bonds is 1. The number of aliphatic hydroxyl groups is 1. The van der Waals surface area contributed by atoms with Crippen molar-refractivity contribution in [3.63, 3.8) is 0 Å². The minimum atomic E-state index is -1.24. The van der Waals surface area contributed by atoms with Crippen LogP contribution in [-0.4, -0.2) is 34.3 Å². The first kappa shape index (κ1) is 9.92. The molecular weight excluding hydrogens is 201 g/mol. The highest BCUT2D eigenvalue weighted by molar-refractivity contribution is 5.67. The second-order valence-electron chi connectivity index (χ2n) is 3.68. The number of β-amino-alcohol motifs (C(OH)–C–C–N with tert-alkyl or cyclic N) is 1. The van der Waals surface area contributed by atoms with Crippen molar-refractivity contribution in [3.05, 3.63) is 35.6 Å². The van der Waals surface area contributed by atoms with Gasteiger partial charge in [-0.3, -0.25) is 0 Å². The average molecular weight is 211 g/mol. The Hall–Kier alpha value is -1.62. The van der Waals surface area contributed by atoms with Gasteiger partial charge in [0.2, 0.25) is 0 Å². The van der Waals surface area contributed by atoms with E-state index in [1.54, 1.807) is 6.07 Å². The smallest absolute Gasteiger partial charge is 0.407 e. The Morgan fingerprint density at radius 3 is 2.67 bits per heavy atom. The van der Waals surface area contributed by atoms with Crippen LogP contribution in [0.15, 0.2) is 24.3 Å². The van der Waals surface area contributed by atoms with Crippen LogP contribution in [0.25, 0.3) is 0 Å². The van der Waals surface area contributed by atoms with Gasteiger partial charge in [0.25, 0.3) is 0 Å². The van der Waals surface area contributed by atoms with Crippen molar-refractivity contribution < 1.29 is 19.4 Å². The van der Waals surface area contributed by atoms with Gasteiger partial charge in [-0.25, -0.2) is 9.18 Å². The fourth-order valence-electron chi connectivity index (χ4n) is 1.68. The van der Waals surface area contributed by atoms with Crippen LogP contribution in [0.5, 0.6) is 0 Å². The van der Waals surface area contributed by atoms with Crippen LogP contribution in [0.1, 0.15) is 5.56 Å². The molecule has 1 aromatic carbocycles. The van der Waals surface area contributed by atoms with Crippen molar-refractivity contribution >= 4 is 6.09 Å². The molecule has 1 fully saturated rings. The van der Waals surface area contributed by atoms with Crippen LogP contribution in [0.3, 0.4) is 0 Å². The van der Waals surface area contributed by atoms with Gasteiger partial charge in [0.05, 0.1) is 13.1 Å². The molecule has 0 bridgehead atoms. The molecule has 1 saturated heterocycles. The third-order valence-corrected chi connectivity index (χ3v) is 2.54. The van der Waals surface area contributed by atoms with Crippen LogP contribution in [0.4, 0.5) is 9.18 Å². The molecule has 1 aliphatic heterocycles. The number of hydrogen-bond acceptors (Lipinski definition) is 2. The van der Waals surface area contributed by atoms with Gasteiger partial charge in [0, 0.05) is 0 Å². The van der Waals surface area contributed by atoms with E-state index in [2.05, 4.69) is 0 Å². The minimum absolute atomic E-state index is 0.00815. The van der Waals surface area contributed by atoms with Crippen LogP contribution >= 0.6 is 0 Å². The number of hydrogen-bond donors (Lipinski definition) is 2. The number of amides is 1. The van der Waals surface area contributed by atoms with Gasteiger partial charge in [0.15, 0.2) is 0 Å². The lowest BCUT2D eigenvalue weighted by Crippen LogP contribution is -2.60. The monoisotopic (exact) mass is 211 g/mol. The van der Waals surface area contributed by atoms with Crippen LogP contribution < -0.4 is 0 Å². The molecule has 1 heterocycles. The molecular formula is C10H10FNO3. The van der Waals surface area contributed by atoms with E-state index in [9.17, 15) is 14.3 Å². The Kier molecular flexibility index (Phi) is 2.12. The normalized spacial score (nSPS) is 18.4. The van der Waals surface area contributed by atoms with Crippen LogP contribution in [0.2, 0.25) is 0 Å². The molecule has 0 aliphatic carbocycles. The van der Waals surface area contributed by atoms with Crippen LogP contribution in [-0.2, 0) is 5.60 Å². The van der Waals surface area contributed by atoms with E-state index >= 15 is 0 Å². The first-order valence-corrected chi connectivity index (χ1v) is 4.47. The molecule has 2 N–H and O–H groups in total. The van der Waals surface area contributed by atoms with E-state index in [4.69, 9.17) is 5.11 Å². The lowest BCUT2D eigenvalue weighted by molar-refractivity contribution is -0.0899. The molecule has 5 heteroatoms. The van der Waals surface area contributed by atoms with E-state index in [1.165, 1.54) is 18.2 Å². The highest BCUT2D eigenvalue weighted by atomic mass is 19.1. The topological polar surface area (TPSA) is 60.8 Å². The summed E-state index contributed by atoms with van der Waals surface area (Å²) >= 11 is 0. The maximum Gasteiger partial charge on any atom is 0.407 e. The SMILES string of the molecule is O=C(O)N1CC(O)(c2cccc(F)c2)C1. The maximum atomic E-state index is 12.9. The van der Waals surface area contributed by atoms with Gasteiger partial charge in [0.1, 0.15) is 11.4 Å². The van der Waals surface area contributed by atoms with Crippen molar-refractivity contribution in [2.75, 3.05) is 13.1 Å². The van der Waals surface area contributed by atoms with E-state index in [0.29, 0.717) is 5.56 Å². The molecule has 0 saturated carbocycles. The third-order valence-electron chi connectivity index (χ3n) is 2.54. The molecule has 0 spiro atoms. The molecule has 2 rings (SSSR count). The van der Waals surface area contributed by atoms with Gasteiger partial charge in [-0.1, -0.05) is 12.1 Å². The van der Waals surface area contributed by atoms with E-state index in [0.717, 1.165) is 4.90 Å². The van der Waals surface area contributed by atoms with Gasteiger partial charge in [-0.15, -0.1) is 0 Å². The third kappa shape index (κ3) is 1.66. The zero-order chi connectivity index (χ0) is 11.1. The number of halogens is 1. The lowest BCUT2D eigenvalue weighted by Gasteiger charge is -2.45. The average Bonchev–Trinajstić information content (AvgIpc) is 2.12. The van der Waals surface area contributed by atoms with Crippen LogP contribution in [0, 0.1) is 5.82 Å². The second-order valence-corrected chi connectivity index (χ2v) is 3.68. The molecule has 0 atom stereocenters. The fourth-order valence-corrected chi connectivity index (χ4v) is 1.68. The Morgan fingerprint density at radius 1 is 1.47 bits per heavy atom. The van der Waals surface area contributed by atoms with Crippen molar-refractivity contribution in [1.82, 2.24) is 4.90 Å². The molecule has 15 heavy (non-hydrogen) atoms. The summed E-state index contributed by atoms with van der Waals surface area (Å²) in [5.74, 6) is -0.435. The molecule has 1 aliphatic rings. The maximum absolute atomic E-state index is 12.9. The lowest BCUT2D eigenvalue weighted by atomic mass is 9.86. The highest BCUT2D eigenvalue weighted by Gasteiger charge is 2.45. The summed E-state index contributed by atoms with van der Waals surface area (Å²) < 4.78 is 12.9. The number of nitrogens with zero attached hydrogens (tertiary/aromatic N) is 1. The van der Waals surface area contributed by atoms with Gasteiger partial charge in [-0.05, 0) is 17.7 Å². The molecule has 80 valence electrons. The fraction of sp³-hybridized carbons (Fsp3) is 0.300. The summed E-state index contributed by atoms with van der Waals surface area (Å²) in [4.78, 5) is 11.6. The zero-order valence-corrected chi connectivity index (χ0v) is 7.85. The summed E-state index contributed by atoms with van der Waals surface area (Å²) in [6.07, 6.45) is -1.07. The van der Waals surface area contributed by atoms with E-state index in [1.807, 2.05) is 0 Å². The summed E-state index contributed by atoms with van der Waals surface area (Å²) in [5, 5.41) is 18.6. The number of carboxylic acid groups (broad SMARTS) is 1. The molecule has 4 nitrogen and oxygen atoms in total. The Morgan fingerprint density at radius 2 is 2.13 bits per heavy atom. The molecule has 0 radical (unpaired) electrons.